The van der Waals surface area contributed by atoms with Gasteiger partial charge in [-0.25, -0.2) is 0 Å². The van der Waals surface area contributed by atoms with Gasteiger partial charge in [0.2, 0.25) is 0 Å². The van der Waals surface area contributed by atoms with Gasteiger partial charge in [0.25, 0.3) is 0 Å². The predicted molar refractivity (Wildman–Crippen MR) is 38.8 cm³/mol. The summed E-state index contributed by atoms with van der Waals surface area (Å²) < 4.78 is 0. The Labute approximate surface area is 51.5 Å². The molecule has 44 valence electrons. The molecule has 0 amide bonds. The molecule has 0 saturated heterocycles. The van der Waals surface area contributed by atoms with Crippen LogP contribution in [0.2, 0.25) is 0 Å². The van der Waals surface area contributed by atoms with Gasteiger partial charge in [-0.1, -0.05) is 19.7 Å². The highest BCUT2D eigenvalue weighted by Crippen LogP contribution is 1.77. The highest BCUT2D eigenvalue weighted by molar-refractivity contribution is 4.87. The van der Waals surface area contributed by atoms with Gasteiger partial charge in [-0.2, -0.15) is 0 Å². The summed E-state index contributed by atoms with van der Waals surface area (Å²) >= 11 is 0. The van der Waals surface area contributed by atoms with Crippen LogP contribution in [0.4, 0.5) is 0 Å². The number of rotatable bonds is 0. The zero-order valence-corrected chi connectivity index (χ0v) is 5.62. The summed E-state index contributed by atoms with van der Waals surface area (Å²) in [7, 11) is 0. The van der Waals surface area contributed by atoms with E-state index in [-0.39, 0.29) is 0 Å². The zero-order valence-electron chi connectivity index (χ0n) is 5.62. The van der Waals surface area contributed by atoms with Gasteiger partial charge in [-0.3, -0.25) is 0 Å². The van der Waals surface area contributed by atoms with Crippen LogP contribution in [0.5, 0.6) is 0 Å². The molecule has 0 fully saturated rings. The lowest BCUT2D eigenvalue weighted by atomic mass is 10.4. The molecule has 0 rings (SSSR count). The molecule has 0 heteroatoms. The van der Waals surface area contributed by atoms with Crippen LogP contribution >= 0.6 is 0 Å². The lowest BCUT2D eigenvalue weighted by molar-refractivity contribution is 1.41. The maximum atomic E-state index is 3.40. The smallest absolute Gasteiger partial charge is 0.0351 e. The van der Waals surface area contributed by atoms with Gasteiger partial charge >= 0.3 is 0 Å². The van der Waals surface area contributed by atoms with Crippen molar-refractivity contribution >= 4 is 0 Å². The molecule has 0 aromatic carbocycles. The number of hydrogen-bond acceptors (Lipinski definition) is 0. The second-order valence-electron chi connectivity index (χ2n) is 1.43. The molecule has 0 unspecified atom stereocenters. The molecule has 0 aliphatic carbocycles. The maximum Gasteiger partial charge on any atom is -0.0351 e. The average molecular weight is 108 g/mol. The van der Waals surface area contributed by atoms with E-state index in [0.29, 0.717) is 0 Å². The Morgan fingerprint density at radius 2 is 1.25 bits per heavy atom. The molecule has 0 aliphatic rings. The van der Waals surface area contributed by atoms with E-state index in [1.165, 1.54) is 0 Å². The van der Waals surface area contributed by atoms with Crippen LogP contribution in [0.15, 0.2) is 36.8 Å². The standard InChI is InChI=1S/C5H8.C3H4/c1-4-5(2)3;1-3-2/h1H2,2-3H3;1-2H2. The molecule has 0 N–H and O–H groups in total. The van der Waals surface area contributed by atoms with Crippen LogP contribution < -0.4 is 0 Å². The van der Waals surface area contributed by atoms with Crippen LogP contribution in [0.25, 0.3) is 0 Å². The second kappa shape index (κ2) is 9.40. The van der Waals surface area contributed by atoms with Crippen molar-refractivity contribution in [3.05, 3.63) is 36.8 Å². The van der Waals surface area contributed by atoms with E-state index in [1.54, 1.807) is 0 Å². The summed E-state index contributed by atoms with van der Waals surface area (Å²) in [6.45, 7) is 13.6. The lowest BCUT2D eigenvalue weighted by Crippen LogP contribution is -1.47. The fraction of sp³-hybridized carbons (Fsp3) is 0.250. The molecular weight excluding hydrogens is 96.1 g/mol. The van der Waals surface area contributed by atoms with Gasteiger partial charge in [-0.15, -0.1) is 11.5 Å². The Kier molecular flexibility index (Phi) is 11.9. The Balaban J connectivity index is 0. The van der Waals surface area contributed by atoms with E-state index in [2.05, 4.69) is 31.2 Å². The maximum absolute atomic E-state index is 3.40. The molecule has 0 spiro atoms. The highest BCUT2D eigenvalue weighted by atomic mass is 13.6. The van der Waals surface area contributed by atoms with Gasteiger partial charge in [-0.05, 0) is 19.4 Å². The van der Waals surface area contributed by atoms with Gasteiger partial charge in [0.1, 0.15) is 0 Å². The van der Waals surface area contributed by atoms with E-state index >= 15 is 0 Å². The topological polar surface area (TPSA) is 0 Å². The summed E-state index contributed by atoms with van der Waals surface area (Å²) in [6.07, 6.45) is 0. The fourth-order valence-corrected chi connectivity index (χ4v) is 0. The quantitative estimate of drug-likeness (QED) is 0.418. The summed E-state index contributed by atoms with van der Waals surface area (Å²) in [5.41, 5.74) is 6.09. The minimum atomic E-state index is 1.14. The molecule has 8 heavy (non-hydrogen) atoms. The van der Waals surface area contributed by atoms with Crippen molar-refractivity contribution in [2.24, 2.45) is 0 Å². The normalized spacial score (nSPS) is 4.75. The minimum absolute atomic E-state index is 1.14. The molecule has 0 atom stereocenters. The molecule has 0 radical (unpaired) electrons. The Hall–Kier alpha value is -0.960. The molecule has 0 aromatic heterocycles. The first kappa shape index (κ1) is 10.1. The van der Waals surface area contributed by atoms with E-state index in [1.807, 2.05) is 13.8 Å². The van der Waals surface area contributed by atoms with Crippen LogP contribution in [0.3, 0.4) is 0 Å². The molecule has 0 aromatic rings. The SMILES string of the molecule is C=C=C.C=C=C(C)C. The summed E-state index contributed by atoms with van der Waals surface area (Å²) in [5.74, 6) is 0. The summed E-state index contributed by atoms with van der Waals surface area (Å²) in [5, 5.41) is 0. The molecule has 0 heterocycles. The highest BCUT2D eigenvalue weighted by Gasteiger charge is 1.57. The van der Waals surface area contributed by atoms with E-state index in [9.17, 15) is 0 Å². The fourth-order valence-electron chi connectivity index (χ4n) is 0. The van der Waals surface area contributed by atoms with Gasteiger partial charge in [0.05, 0.1) is 0 Å². The van der Waals surface area contributed by atoms with E-state index in [0.717, 1.165) is 5.57 Å². The zero-order chi connectivity index (χ0) is 6.99. The molecule has 0 bridgehead atoms. The van der Waals surface area contributed by atoms with Gasteiger partial charge in [0, 0.05) is 0 Å². The van der Waals surface area contributed by atoms with Crippen molar-refractivity contribution in [3.8, 4) is 0 Å². The van der Waals surface area contributed by atoms with Crippen molar-refractivity contribution in [2.75, 3.05) is 0 Å². The average Bonchev–Trinajstić information content (AvgIpc) is 1.69. The van der Waals surface area contributed by atoms with Gasteiger partial charge < -0.3 is 0 Å². The monoisotopic (exact) mass is 108 g/mol. The predicted octanol–water partition coefficient (Wildman–Crippen LogP) is 2.69. The summed E-state index contributed by atoms with van der Waals surface area (Å²) in [4.78, 5) is 0. The third-order valence-corrected chi connectivity index (χ3v) is 0.354. The molecule has 0 saturated carbocycles. The van der Waals surface area contributed by atoms with Crippen molar-refractivity contribution in [3.63, 3.8) is 0 Å². The number of hydrogen-bond donors (Lipinski definition) is 0. The third kappa shape index (κ3) is 76.1. The molecular formula is C8H12. The first-order valence-corrected chi connectivity index (χ1v) is 2.31. The van der Waals surface area contributed by atoms with Crippen molar-refractivity contribution in [1.82, 2.24) is 0 Å². The number of allylic oxidation sites excluding steroid dienone is 1. The Morgan fingerprint density at radius 1 is 1.12 bits per heavy atom. The van der Waals surface area contributed by atoms with Gasteiger partial charge in [0.15, 0.2) is 0 Å². The Bertz CT molecular complexity index is 113. The van der Waals surface area contributed by atoms with E-state index < -0.39 is 0 Å². The van der Waals surface area contributed by atoms with Crippen molar-refractivity contribution in [1.29, 1.82) is 0 Å². The third-order valence-electron chi connectivity index (χ3n) is 0.354. The lowest BCUT2D eigenvalue weighted by Gasteiger charge is -1.67. The van der Waals surface area contributed by atoms with Crippen molar-refractivity contribution < 1.29 is 0 Å². The van der Waals surface area contributed by atoms with Crippen LogP contribution in [-0.2, 0) is 0 Å². The first-order chi connectivity index (χ1) is 3.68. The summed E-state index contributed by atoms with van der Waals surface area (Å²) in [6, 6.07) is 0. The second-order valence-corrected chi connectivity index (χ2v) is 1.43. The first-order valence-electron chi connectivity index (χ1n) is 2.31. The van der Waals surface area contributed by atoms with Crippen LogP contribution in [0.1, 0.15) is 13.8 Å². The van der Waals surface area contributed by atoms with Crippen molar-refractivity contribution in [2.45, 2.75) is 13.8 Å². The Morgan fingerprint density at radius 3 is 1.25 bits per heavy atom. The minimum Gasteiger partial charge on any atom is -0.137 e. The molecule has 0 aliphatic heterocycles. The molecule has 0 nitrogen and oxygen atoms in total. The van der Waals surface area contributed by atoms with E-state index in [4.69, 9.17) is 0 Å². The largest absolute Gasteiger partial charge is 0.137 e. The van der Waals surface area contributed by atoms with Crippen LogP contribution in [-0.4, -0.2) is 0 Å². The van der Waals surface area contributed by atoms with Crippen LogP contribution in [0, 0.1) is 0 Å².